The van der Waals surface area contributed by atoms with Crippen molar-refractivity contribution in [2.75, 3.05) is 19.7 Å². The molecular formula is C6H10N6O. The standard InChI is InChI=1S/C6H10N6O/c1-6(3-9-11-7,4-10-12-8)5-2-13-5/h5H,2-4H2,1H3. The van der Waals surface area contributed by atoms with Crippen molar-refractivity contribution in [2.45, 2.75) is 13.0 Å². The van der Waals surface area contributed by atoms with Crippen LogP contribution in [0.1, 0.15) is 6.92 Å². The van der Waals surface area contributed by atoms with Gasteiger partial charge in [-0.3, -0.25) is 0 Å². The fourth-order valence-corrected chi connectivity index (χ4v) is 1.09. The second-order valence-electron chi connectivity index (χ2n) is 3.25. The Balaban J connectivity index is 2.60. The minimum absolute atomic E-state index is 0.0588. The van der Waals surface area contributed by atoms with Gasteiger partial charge in [0.1, 0.15) is 0 Å². The Bertz CT molecular complexity index is 253. The molecule has 1 atom stereocenters. The molecule has 0 radical (unpaired) electrons. The lowest BCUT2D eigenvalue weighted by molar-refractivity contribution is 0.235. The molecule has 0 bridgehead atoms. The predicted octanol–water partition coefficient (Wildman–Crippen LogP) is 2.01. The second kappa shape index (κ2) is 4.00. The number of hydrogen-bond acceptors (Lipinski definition) is 3. The van der Waals surface area contributed by atoms with Crippen LogP contribution >= 0.6 is 0 Å². The summed E-state index contributed by atoms with van der Waals surface area (Å²) < 4.78 is 5.10. The minimum atomic E-state index is -0.349. The lowest BCUT2D eigenvalue weighted by Crippen LogP contribution is -2.30. The van der Waals surface area contributed by atoms with Gasteiger partial charge >= 0.3 is 0 Å². The highest BCUT2D eigenvalue weighted by molar-refractivity contribution is 4.93. The number of ether oxygens (including phenoxy) is 1. The molecule has 13 heavy (non-hydrogen) atoms. The smallest absolute Gasteiger partial charge is 0.0865 e. The van der Waals surface area contributed by atoms with Crippen LogP contribution in [0.4, 0.5) is 0 Å². The first-order valence-corrected chi connectivity index (χ1v) is 3.86. The molecule has 0 aromatic carbocycles. The van der Waals surface area contributed by atoms with E-state index >= 15 is 0 Å². The van der Waals surface area contributed by atoms with Crippen LogP contribution in [0.5, 0.6) is 0 Å². The zero-order valence-electron chi connectivity index (χ0n) is 7.29. The van der Waals surface area contributed by atoms with Gasteiger partial charge in [0, 0.05) is 28.3 Å². The van der Waals surface area contributed by atoms with E-state index in [2.05, 4.69) is 20.1 Å². The van der Waals surface area contributed by atoms with Crippen LogP contribution in [0.15, 0.2) is 10.2 Å². The Hall–Kier alpha value is -1.42. The molecule has 0 spiro atoms. The first-order valence-electron chi connectivity index (χ1n) is 3.86. The highest BCUT2D eigenvalue weighted by atomic mass is 16.6. The maximum Gasteiger partial charge on any atom is 0.0865 e. The van der Waals surface area contributed by atoms with E-state index in [-0.39, 0.29) is 11.5 Å². The normalized spacial score (nSPS) is 23.6. The fourth-order valence-electron chi connectivity index (χ4n) is 1.09. The first-order chi connectivity index (χ1) is 6.23. The molecule has 0 aromatic rings. The van der Waals surface area contributed by atoms with E-state index in [0.717, 1.165) is 0 Å². The Labute approximate surface area is 74.9 Å². The molecule has 1 fully saturated rings. The van der Waals surface area contributed by atoms with E-state index in [4.69, 9.17) is 15.8 Å². The summed E-state index contributed by atoms with van der Waals surface area (Å²) in [5, 5.41) is 6.95. The molecule has 7 nitrogen and oxygen atoms in total. The van der Waals surface area contributed by atoms with Crippen LogP contribution in [0.25, 0.3) is 20.9 Å². The van der Waals surface area contributed by atoms with Crippen LogP contribution in [-0.2, 0) is 4.74 Å². The molecular weight excluding hydrogens is 172 g/mol. The van der Waals surface area contributed by atoms with Crippen LogP contribution < -0.4 is 0 Å². The molecule has 70 valence electrons. The summed E-state index contributed by atoms with van der Waals surface area (Å²) in [7, 11) is 0. The van der Waals surface area contributed by atoms with Crippen LogP contribution in [0.2, 0.25) is 0 Å². The summed E-state index contributed by atoms with van der Waals surface area (Å²) in [6, 6.07) is 0. The number of nitrogens with zero attached hydrogens (tertiary/aromatic N) is 6. The van der Waals surface area contributed by atoms with E-state index < -0.39 is 0 Å². The van der Waals surface area contributed by atoms with Crippen molar-refractivity contribution in [1.29, 1.82) is 0 Å². The van der Waals surface area contributed by atoms with Gasteiger partial charge < -0.3 is 4.74 Å². The molecule has 0 amide bonds. The third-order valence-electron chi connectivity index (χ3n) is 2.10. The molecule has 0 saturated carbocycles. The number of azide groups is 2. The maximum absolute atomic E-state index is 8.17. The molecule has 0 aromatic heterocycles. The van der Waals surface area contributed by atoms with Crippen LogP contribution in [0, 0.1) is 5.41 Å². The summed E-state index contributed by atoms with van der Waals surface area (Å²) in [5.41, 5.74) is 16.0. The van der Waals surface area contributed by atoms with Gasteiger partial charge in [-0.15, -0.1) is 0 Å². The third-order valence-corrected chi connectivity index (χ3v) is 2.10. The first kappa shape index (κ1) is 9.67. The van der Waals surface area contributed by atoms with Crippen molar-refractivity contribution in [3.8, 4) is 0 Å². The van der Waals surface area contributed by atoms with E-state index in [1.54, 1.807) is 0 Å². The zero-order chi connectivity index (χ0) is 9.73. The summed E-state index contributed by atoms with van der Waals surface area (Å²) >= 11 is 0. The molecule has 7 heteroatoms. The van der Waals surface area contributed by atoms with Gasteiger partial charge in [0.25, 0.3) is 0 Å². The lowest BCUT2D eigenvalue weighted by Gasteiger charge is -2.22. The predicted molar refractivity (Wildman–Crippen MR) is 45.9 cm³/mol. The van der Waals surface area contributed by atoms with Crippen LogP contribution in [-0.4, -0.2) is 25.8 Å². The largest absolute Gasteiger partial charge is 0.373 e. The van der Waals surface area contributed by atoms with Gasteiger partial charge in [-0.2, -0.15) is 0 Å². The topological polar surface area (TPSA) is 110 Å². The Kier molecular flexibility index (Phi) is 2.97. The molecule has 0 aliphatic carbocycles. The fraction of sp³-hybridized carbons (Fsp3) is 1.00. The summed E-state index contributed by atoms with van der Waals surface area (Å²) in [6.07, 6.45) is 0.0588. The molecule has 1 heterocycles. The van der Waals surface area contributed by atoms with Crippen LogP contribution in [0.3, 0.4) is 0 Å². The monoisotopic (exact) mass is 182 g/mol. The average molecular weight is 182 g/mol. The quantitative estimate of drug-likeness (QED) is 0.275. The molecule has 1 aliphatic heterocycles. The Morgan fingerprint density at radius 3 is 2.15 bits per heavy atom. The average Bonchev–Trinajstić information content (AvgIpc) is 2.94. The van der Waals surface area contributed by atoms with Crippen molar-refractivity contribution < 1.29 is 4.74 Å². The SMILES string of the molecule is CC(CN=[N+]=[N-])(CN=[N+]=[N-])C1CO1. The summed E-state index contributed by atoms with van der Waals surface area (Å²) in [5.74, 6) is 0. The third kappa shape index (κ3) is 2.52. The molecule has 1 saturated heterocycles. The van der Waals surface area contributed by atoms with Crippen molar-refractivity contribution in [1.82, 2.24) is 0 Å². The Morgan fingerprint density at radius 2 is 1.85 bits per heavy atom. The second-order valence-corrected chi connectivity index (χ2v) is 3.25. The van der Waals surface area contributed by atoms with E-state index in [1.807, 2.05) is 6.92 Å². The highest BCUT2D eigenvalue weighted by Gasteiger charge is 2.42. The number of hydrogen-bond donors (Lipinski definition) is 0. The molecule has 1 rings (SSSR count). The van der Waals surface area contributed by atoms with Crippen molar-refractivity contribution in [3.05, 3.63) is 20.9 Å². The van der Waals surface area contributed by atoms with Crippen molar-refractivity contribution in [3.63, 3.8) is 0 Å². The highest BCUT2D eigenvalue weighted by Crippen LogP contribution is 2.33. The Morgan fingerprint density at radius 1 is 1.38 bits per heavy atom. The van der Waals surface area contributed by atoms with E-state index in [0.29, 0.717) is 19.7 Å². The molecule has 1 unspecified atom stereocenters. The summed E-state index contributed by atoms with van der Waals surface area (Å²) in [6.45, 7) is 3.13. The van der Waals surface area contributed by atoms with Gasteiger partial charge in [0.05, 0.1) is 12.7 Å². The number of epoxide rings is 1. The van der Waals surface area contributed by atoms with Gasteiger partial charge in [-0.05, 0) is 11.1 Å². The summed E-state index contributed by atoms with van der Waals surface area (Å²) in [4.78, 5) is 5.35. The van der Waals surface area contributed by atoms with Crippen molar-refractivity contribution in [2.24, 2.45) is 15.6 Å². The minimum Gasteiger partial charge on any atom is -0.373 e. The van der Waals surface area contributed by atoms with Gasteiger partial charge in [-0.1, -0.05) is 17.2 Å². The van der Waals surface area contributed by atoms with Gasteiger partial charge in [0.15, 0.2) is 0 Å². The molecule has 0 N–H and O–H groups in total. The number of rotatable bonds is 5. The maximum atomic E-state index is 8.17. The van der Waals surface area contributed by atoms with Gasteiger partial charge in [-0.25, -0.2) is 0 Å². The van der Waals surface area contributed by atoms with E-state index in [9.17, 15) is 0 Å². The van der Waals surface area contributed by atoms with Gasteiger partial charge in [0.2, 0.25) is 0 Å². The van der Waals surface area contributed by atoms with Crippen molar-refractivity contribution >= 4 is 0 Å². The molecule has 1 aliphatic rings. The lowest BCUT2D eigenvalue weighted by atomic mass is 9.87. The van der Waals surface area contributed by atoms with E-state index in [1.165, 1.54) is 0 Å². The zero-order valence-corrected chi connectivity index (χ0v) is 7.29.